The number of aromatic hydroxyl groups is 1. The molecule has 0 aliphatic heterocycles. The van der Waals surface area contributed by atoms with Crippen molar-refractivity contribution in [1.29, 1.82) is 0 Å². The van der Waals surface area contributed by atoms with Gasteiger partial charge in [0, 0.05) is 6.07 Å². The lowest BCUT2D eigenvalue weighted by Crippen LogP contribution is -1.98. The molecule has 0 fully saturated rings. The van der Waals surface area contributed by atoms with Gasteiger partial charge in [-0.25, -0.2) is 0 Å². The molecule has 0 unspecified atom stereocenters. The van der Waals surface area contributed by atoms with E-state index >= 15 is 0 Å². The van der Waals surface area contributed by atoms with Gasteiger partial charge in [-0.1, -0.05) is 38.7 Å². The number of aryl methyl sites for hydroxylation is 1. The lowest BCUT2D eigenvalue weighted by Gasteiger charge is -2.12. The van der Waals surface area contributed by atoms with Crippen molar-refractivity contribution in [1.82, 2.24) is 0 Å². The Morgan fingerprint density at radius 1 is 1.00 bits per heavy atom. The third-order valence-corrected chi connectivity index (χ3v) is 4.77. The Kier molecular flexibility index (Phi) is 6.84. The lowest BCUT2D eigenvalue weighted by molar-refractivity contribution is 0.456. The Morgan fingerprint density at radius 2 is 1.76 bits per heavy atom. The third-order valence-electron chi connectivity index (χ3n) is 3.92. The first-order chi connectivity index (χ1) is 11.9. The molecule has 0 spiro atoms. The van der Waals surface area contributed by atoms with Crippen LogP contribution < -0.4 is 4.74 Å². The van der Waals surface area contributed by atoms with E-state index in [9.17, 15) is 13.5 Å². The first kappa shape index (κ1) is 19.3. The number of rotatable bonds is 9. The second-order valence-electron chi connectivity index (χ2n) is 6.01. The number of phenols is 1. The van der Waals surface area contributed by atoms with E-state index in [4.69, 9.17) is 9.29 Å². The molecule has 2 aromatic carbocycles. The molecule has 25 heavy (non-hydrogen) atoms. The van der Waals surface area contributed by atoms with Gasteiger partial charge in [-0.3, -0.25) is 4.55 Å². The summed E-state index contributed by atoms with van der Waals surface area (Å²) in [4.78, 5) is -0.218. The van der Waals surface area contributed by atoms with Gasteiger partial charge in [0.2, 0.25) is 0 Å². The largest absolute Gasteiger partial charge is 0.508 e. The van der Waals surface area contributed by atoms with Gasteiger partial charge in [0.15, 0.2) is 0 Å². The molecule has 6 heteroatoms. The van der Waals surface area contributed by atoms with Gasteiger partial charge in [-0.15, -0.1) is 0 Å². The number of hydrogen-bond donors (Lipinski definition) is 2. The molecule has 0 bridgehead atoms. The maximum atomic E-state index is 11.2. The summed E-state index contributed by atoms with van der Waals surface area (Å²) in [5, 5.41) is 9.73. The van der Waals surface area contributed by atoms with E-state index in [0.29, 0.717) is 11.5 Å². The fourth-order valence-electron chi connectivity index (χ4n) is 2.60. The Balaban J connectivity index is 2.14. The first-order valence-corrected chi connectivity index (χ1v) is 9.91. The van der Waals surface area contributed by atoms with Gasteiger partial charge in [-0.2, -0.15) is 8.42 Å². The zero-order valence-corrected chi connectivity index (χ0v) is 15.1. The van der Waals surface area contributed by atoms with Crippen molar-refractivity contribution in [3.05, 3.63) is 48.0 Å². The molecule has 0 aliphatic rings. The zero-order valence-electron chi connectivity index (χ0n) is 14.3. The standard InChI is InChI=1S/C19H24O5S/c1-2-3-4-5-6-8-15-13-16(20)11-12-19(15)24-17-9-7-10-18(14-17)25(21,22)23/h7,9-14,20H,2-6,8H2,1H3,(H,21,22,23). The fourth-order valence-corrected chi connectivity index (χ4v) is 3.12. The van der Waals surface area contributed by atoms with Crippen LogP contribution in [0.15, 0.2) is 47.4 Å². The average Bonchev–Trinajstić information content (AvgIpc) is 2.56. The summed E-state index contributed by atoms with van der Waals surface area (Å²) in [5.41, 5.74) is 0.869. The van der Waals surface area contributed by atoms with Crippen LogP contribution in [0, 0.1) is 0 Å². The van der Waals surface area contributed by atoms with Gasteiger partial charge in [0.25, 0.3) is 10.1 Å². The van der Waals surface area contributed by atoms with Crippen molar-refractivity contribution in [2.75, 3.05) is 0 Å². The van der Waals surface area contributed by atoms with E-state index in [1.807, 2.05) is 0 Å². The van der Waals surface area contributed by atoms with Gasteiger partial charge < -0.3 is 9.84 Å². The van der Waals surface area contributed by atoms with Crippen LogP contribution in [0.3, 0.4) is 0 Å². The first-order valence-electron chi connectivity index (χ1n) is 8.47. The number of benzene rings is 2. The minimum absolute atomic E-state index is 0.169. The molecule has 0 aliphatic carbocycles. The molecular weight excluding hydrogens is 340 g/mol. The average molecular weight is 364 g/mol. The Labute approximate surface area is 149 Å². The van der Waals surface area contributed by atoms with Gasteiger partial charge in [0.1, 0.15) is 17.2 Å². The van der Waals surface area contributed by atoms with Gasteiger partial charge >= 0.3 is 0 Å². The van der Waals surface area contributed by atoms with E-state index in [-0.39, 0.29) is 10.6 Å². The predicted octanol–water partition coefficient (Wildman–Crippen LogP) is 4.94. The molecule has 0 atom stereocenters. The second kappa shape index (κ2) is 8.87. The number of phenolic OH excluding ortho intramolecular Hbond substituents is 1. The van der Waals surface area contributed by atoms with Crippen molar-refractivity contribution in [2.24, 2.45) is 0 Å². The maximum absolute atomic E-state index is 11.2. The summed E-state index contributed by atoms with van der Waals surface area (Å²) >= 11 is 0. The third kappa shape index (κ3) is 6.07. The molecule has 0 saturated heterocycles. The summed E-state index contributed by atoms with van der Waals surface area (Å²) in [6, 6.07) is 10.6. The summed E-state index contributed by atoms with van der Waals surface area (Å²) < 4.78 is 37.4. The van der Waals surface area contributed by atoms with E-state index in [2.05, 4.69) is 6.92 Å². The molecule has 0 amide bonds. The monoisotopic (exact) mass is 364 g/mol. The van der Waals surface area contributed by atoms with E-state index < -0.39 is 10.1 Å². The second-order valence-corrected chi connectivity index (χ2v) is 7.43. The molecule has 5 nitrogen and oxygen atoms in total. The molecule has 0 radical (unpaired) electrons. The van der Waals surface area contributed by atoms with Gasteiger partial charge in [0.05, 0.1) is 4.90 Å². The highest BCUT2D eigenvalue weighted by atomic mass is 32.2. The molecule has 2 N–H and O–H groups in total. The van der Waals surface area contributed by atoms with Crippen LogP contribution >= 0.6 is 0 Å². The van der Waals surface area contributed by atoms with Gasteiger partial charge in [-0.05, 0) is 48.7 Å². The molecule has 136 valence electrons. The van der Waals surface area contributed by atoms with Crippen LogP contribution in [-0.2, 0) is 16.5 Å². The van der Waals surface area contributed by atoms with Crippen LogP contribution in [0.2, 0.25) is 0 Å². The zero-order chi connectivity index (χ0) is 18.3. The molecule has 0 aromatic heterocycles. The van der Waals surface area contributed by atoms with E-state index in [1.165, 1.54) is 43.5 Å². The molecule has 2 aromatic rings. The van der Waals surface area contributed by atoms with E-state index in [0.717, 1.165) is 24.8 Å². The Morgan fingerprint density at radius 3 is 2.48 bits per heavy atom. The summed E-state index contributed by atoms with van der Waals surface area (Å²) in [6.07, 6.45) is 6.45. The smallest absolute Gasteiger partial charge is 0.294 e. The molecule has 0 heterocycles. The predicted molar refractivity (Wildman–Crippen MR) is 96.9 cm³/mol. The summed E-state index contributed by atoms with van der Waals surface area (Å²) in [6.45, 7) is 2.17. The van der Waals surface area contributed by atoms with Crippen LogP contribution in [-0.4, -0.2) is 18.1 Å². The maximum Gasteiger partial charge on any atom is 0.294 e. The molecular formula is C19H24O5S. The number of unbranched alkanes of at least 4 members (excludes halogenated alkanes) is 4. The SMILES string of the molecule is CCCCCCCc1cc(O)ccc1Oc1cccc(S(=O)(=O)O)c1. The number of ether oxygens (including phenoxy) is 1. The van der Waals surface area contributed by atoms with Crippen LogP contribution in [0.5, 0.6) is 17.2 Å². The summed E-state index contributed by atoms with van der Waals surface area (Å²) in [5.74, 6) is 1.05. The fraction of sp³-hybridized carbons (Fsp3) is 0.368. The minimum Gasteiger partial charge on any atom is -0.508 e. The highest BCUT2D eigenvalue weighted by Crippen LogP contribution is 2.30. The van der Waals surface area contributed by atoms with Crippen molar-refractivity contribution >= 4 is 10.1 Å². The highest BCUT2D eigenvalue weighted by molar-refractivity contribution is 7.85. The van der Waals surface area contributed by atoms with E-state index in [1.54, 1.807) is 18.2 Å². The normalized spacial score (nSPS) is 11.4. The number of hydrogen-bond acceptors (Lipinski definition) is 4. The van der Waals surface area contributed by atoms with Crippen molar-refractivity contribution in [2.45, 2.75) is 50.3 Å². The topological polar surface area (TPSA) is 83.8 Å². The van der Waals surface area contributed by atoms with Crippen LogP contribution in [0.4, 0.5) is 0 Å². The Hall–Kier alpha value is -2.05. The Bertz CT molecular complexity index is 799. The van der Waals surface area contributed by atoms with Crippen LogP contribution in [0.1, 0.15) is 44.6 Å². The van der Waals surface area contributed by atoms with Crippen LogP contribution in [0.25, 0.3) is 0 Å². The van der Waals surface area contributed by atoms with Crippen molar-refractivity contribution in [3.63, 3.8) is 0 Å². The molecule has 0 saturated carbocycles. The molecule has 2 rings (SSSR count). The quantitative estimate of drug-likeness (QED) is 0.486. The summed E-state index contributed by atoms with van der Waals surface area (Å²) in [7, 11) is -4.28. The van der Waals surface area contributed by atoms with Crippen molar-refractivity contribution < 1.29 is 22.8 Å². The van der Waals surface area contributed by atoms with Crippen molar-refractivity contribution in [3.8, 4) is 17.2 Å². The lowest BCUT2D eigenvalue weighted by atomic mass is 10.0. The minimum atomic E-state index is -4.28. The highest BCUT2D eigenvalue weighted by Gasteiger charge is 2.12.